The van der Waals surface area contributed by atoms with Crippen LogP contribution in [-0.4, -0.2) is 16.7 Å². The molecule has 0 saturated heterocycles. The van der Waals surface area contributed by atoms with Crippen LogP contribution in [0.25, 0.3) is 0 Å². The molecule has 6 nitrogen and oxygen atoms in total. The minimum atomic E-state index is -1.75. The Balaban J connectivity index is -0.0000000600. The zero-order chi connectivity index (χ0) is 9.44. The number of halogens is 1. The number of ketones is 2. The molecule has 0 aliphatic carbocycles. The van der Waals surface area contributed by atoms with Crippen molar-refractivity contribution in [3.63, 3.8) is 0 Å². The number of Topliss-reactive ketones (excluding diaryl/α,β-unsaturated/α-hetero) is 2. The van der Waals surface area contributed by atoms with Gasteiger partial charge in [0, 0.05) is 49.4 Å². The van der Waals surface area contributed by atoms with Gasteiger partial charge in [-0.1, -0.05) is 0 Å². The van der Waals surface area contributed by atoms with Crippen molar-refractivity contribution in [3.05, 3.63) is 15.3 Å². The largest absolute Gasteiger partial charge is 0.356 e. The molecule has 0 saturated carbocycles. The Morgan fingerprint density at radius 3 is 1.31 bits per heavy atom. The van der Waals surface area contributed by atoms with E-state index in [1.54, 1.807) is 0 Å². The monoisotopic (exact) mass is 351 g/mol. The number of hydrogen-bond acceptors (Lipinski definition) is 5. The number of hydrogen-bond donors (Lipinski definition) is 0. The molecule has 1 radical (unpaired) electrons. The minimum absolute atomic E-state index is 0. The number of rotatable bonds is 2. The van der Waals surface area contributed by atoms with Crippen molar-refractivity contribution < 1.29 is 64.1 Å². The van der Waals surface area contributed by atoms with Crippen LogP contribution in [0.15, 0.2) is 0 Å². The van der Waals surface area contributed by atoms with Crippen molar-refractivity contribution in [2.45, 2.75) is 20.3 Å². The van der Waals surface area contributed by atoms with E-state index in [4.69, 9.17) is 15.3 Å². The molecule has 79 valence electrons. The van der Waals surface area contributed by atoms with E-state index >= 15 is 0 Å². The summed E-state index contributed by atoms with van der Waals surface area (Å²) in [5, 5.41) is 14.8. The first-order chi connectivity index (χ1) is 4.86. The standard InChI is InChI=1S/C5H8O2.ClH.Eu.NO3/c1-4(6)3-5(2)7;;;2-1(3)4/h3H2,1-2H3;1H;;/q;;;-1. The van der Waals surface area contributed by atoms with E-state index in [1.807, 2.05) is 0 Å². The molecule has 0 atom stereocenters. The fourth-order valence-electron chi connectivity index (χ4n) is 0.351. The summed E-state index contributed by atoms with van der Waals surface area (Å²) >= 11 is 0. The third-order valence-corrected chi connectivity index (χ3v) is 0.498. The second-order valence-corrected chi connectivity index (χ2v) is 1.80. The zero-order valence-corrected chi connectivity index (χ0v) is 10.2. The van der Waals surface area contributed by atoms with Crippen LogP contribution < -0.4 is 0 Å². The van der Waals surface area contributed by atoms with Gasteiger partial charge in [-0.3, -0.25) is 9.59 Å². The number of carbonyl (C=O) groups is 2. The topological polar surface area (TPSA) is 100 Å². The van der Waals surface area contributed by atoms with E-state index in [1.165, 1.54) is 13.8 Å². The van der Waals surface area contributed by atoms with E-state index in [-0.39, 0.29) is 79.8 Å². The summed E-state index contributed by atoms with van der Waals surface area (Å²) in [6.07, 6.45) is 0.0833. The summed E-state index contributed by atoms with van der Waals surface area (Å²) in [4.78, 5) is 28.3. The van der Waals surface area contributed by atoms with Crippen molar-refractivity contribution in [3.8, 4) is 0 Å². The maximum absolute atomic E-state index is 10.0. The molecule has 0 spiro atoms. The predicted octanol–water partition coefficient (Wildman–Crippen LogP) is 0.737. The maximum Gasteiger partial charge on any atom is 0.137 e. The SMILES string of the molecule is CC(=O)CC(C)=O.Cl.O=[N+]([O-])[O-].[Eu]. The molecule has 0 rings (SSSR count). The van der Waals surface area contributed by atoms with E-state index in [0.717, 1.165) is 0 Å². The van der Waals surface area contributed by atoms with Crippen molar-refractivity contribution in [1.82, 2.24) is 0 Å². The fourth-order valence-corrected chi connectivity index (χ4v) is 0.351. The quantitative estimate of drug-likeness (QED) is 0.415. The van der Waals surface area contributed by atoms with Gasteiger partial charge in [0.15, 0.2) is 0 Å². The molecule has 0 bridgehead atoms. The summed E-state index contributed by atoms with van der Waals surface area (Å²) in [5.41, 5.74) is 0. The molecule has 0 N–H and O–H groups in total. The summed E-state index contributed by atoms with van der Waals surface area (Å²) in [6, 6.07) is 0. The maximum atomic E-state index is 10.0. The van der Waals surface area contributed by atoms with Gasteiger partial charge < -0.3 is 15.3 Å². The van der Waals surface area contributed by atoms with E-state index in [9.17, 15) is 9.59 Å². The Labute approximate surface area is 122 Å². The van der Waals surface area contributed by atoms with Crippen LogP contribution in [-0.2, 0) is 9.59 Å². The van der Waals surface area contributed by atoms with Crippen LogP contribution in [0, 0.1) is 64.7 Å². The summed E-state index contributed by atoms with van der Waals surface area (Å²) in [7, 11) is 0. The Bertz CT molecular complexity index is 158. The van der Waals surface area contributed by atoms with E-state index in [2.05, 4.69) is 0 Å². The molecule has 13 heavy (non-hydrogen) atoms. The number of nitrogens with zero attached hydrogens (tertiary/aromatic N) is 1. The molecule has 0 aliphatic rings. The molecule has 8 heteroatoms. The van der Waals surface area contributed by atoms with Crippen LogP contribution >= 0.6 is 12.4 Å². The summed E-state index contributed by atoms with van der Waals surface area (Å²) in [6.45, 7) is 2.81. The molecule has 0 aliphatic heterocycles. The van der Waals surface area contributed by atoms with Gasteiger partial charge in [0.1, 0.15) is 11.6 Å². The van der Waals surface area contributed by atoms with Gasteiger partial charge in [-0.15, -0.1) is 12.4 Å². The normalized spacial score (nSPS) is 6.31. The van der Waals surface area contributed by atoms with E-state index in [0.29, 0.717) is 0 Å². The first-order valence-electron chi connectivity index (χ1n) is 2.66. The average molecular weight is 351 g/mol. The van der Waals surface area contributed by atoms with Crippen LogP contribution in [0.2, 0.25) is 0 Å². The summed E-state index contributed by atoms with van der Waals surface area (Å²) in [5.74, 6) is -0.125. The summed E-state index contributed by atoms with van der Waals surface area (Å²) < 4.78 is 0. The Kier molecular flexibility index (Phi) is 26.8. The van der Waals surface area contributed by atoms with E-state index < -0.39 is 5.09 Å². The first kappa shape index (κ1) is 23.3. The number of carbonyl (C=O) groups excluding carboxylic acids is 2. The fraction of sp³-hybridized carbons (Fsp3) is 0.600. The van der Waals surface area contributed by atoms with Crippen molar-refractivity contribution in [2.75, 3.05) is 0 Å². The van der Waals surface area contributed by atoms with Gasteiger partial charge in [0.2, 0.25) is 0 Å². The van der Waals surface area contributed by atoms with Crippen molar-refractivity contribution in [1.29, 1.82) is 0 Å². The van der Waals surface area contributed by atoms with Crippen LogP contribution in [0.4, 0.5) is 0 Å². The Morgan fingerprint density at radius 1 is 1.15 bits per heavy atom. The van der Waals surface area contributed by atoms with Crippen molar-refractivity contribution >= 4 is 24.0 Å². The molecule has 0 aromatic heterocycles. The van der Waals surface area contributed by atoms with Crippen LogP contribution in [0.5, 0.6) is 0 Å². The van der Waals surface area contributed by atoms with Gasteiger partial charge in [-0.25, -0.2) is 0 Å². The average Bonchev–Trinajstić information content (AvgIpc) is 1.56. The van der Waals surface area contributed by atoms with Crippen LogP contribution in [0.3, 0.4) is 0 Å². The second kappa shape index (κ2) is 14.9. The molecule has 0 heterocycles. The smallest absolute Gasteiger partial charge is 0.137 e. The van der Waals surface area contributed by atoms with Gasteiger partial charge in [-0.2, -0.15) is 0 Å². The van der Waals surface area contributed by atoms with Gasteiger partial charge in [0.05, 0.1) is 11.5 Å². The minimum Gasteiger partial charge on any atom is -0.356 e. The van der Waals surface area contributed by atoms with Gasteiger partial charge in [0.25, 0.3) is 0 Å². The van der Waals surface area contributed by atoms with Gasteiger partial charge in [-0.05, 0) is 13.8 Å². The Hall–Kier alpha value is 0.414. The molecule has 0 aromatic rings. The predicted molar refractivity (Wildman–Crippen MR) is 43.6 cm³/mol. The molecule has 0 unspecified atom stereocenters. The van der Waals surface area contributed by atoms with Crippen LogP contribution in [0.1, 0.15) is 20.3 Å². The molecular formula is C5H9ClEuNO5-. The Morgan fingerprint density at radius 2 is 1.31 bits per heavy atom. The second-order valence-electron chi connectivity index (χ2n) is 1.80. The first-order valence-corrected chi connectivity index (χ1v) is 2.66. The molecule has 0 fully saturated rings. The molecule has 0 amide bonds. The van der Waals surface area contributed by atoms with Crippen molar-refractivity contribution in [2.24, 2.45) is 0 Å². The molecule has 0 aromatic carbocycles. The zero-order valence-electron chi connectivity index (χ0n) is 6.98. The third kappa shape index (κ3) is 69.1. The molecular weight excluding hydrogens is 341 g/mol. The third-order valence-electron chi connectivity index (χ3n) is 0.498. The van der Waals surface area contributed by atoms with Gasteiger partial charge >= 0.3 is 0 Å².